The molecule has 0 aromatic carbocycles. The Morgan fingerprint density at radius 1 is 1.23 bits per heavy atom. The molecule has 0 saturated carbocycles. The molecule has 0 saturated heterocycles. The van der Waals surface area contributed by atoms with E-state index >= 15 is 0 Å². The number of nitrogens with zero attached hydrogens (tertiary/aromatic N) is 3. The molecule has 0 aliphatic rings. The molecule has 3 nitrogen and oxygen atoms in total. The van der Waals surface area contributed by atoms with Crippen molar-refractivity contribution in [1.29, 1.82) is 0 Å². The minimum Gasteiger partial charge on any atom is -0.299 e. The van der Waals surface area contributed by atoms with Crippen molar-refractivity contribution in [1.82, 2.24) is 14.4 Å². The zero-order valence-electron chi connectivity index (χ0n) is 11.5. The molecule has 0 radical (unpaired) electrons. The fourth-order valence-electron chi connectivity index (χ4n) is 2.40. The number of imidazole rings is 1. The Labute approximate surface area is 133 Å². The molecule has 3 heterocycles. The van der Waals surface area contributed by atoms with E-state index in [2.05, 4.69) is 25.9 Å². The number of aryl methyl sites for hydroxylation is 1. The van der Waals surface area contributed by atoms with Gasteiger partial charge in [0.1, 0.15) is 10.3 Å². The third-order valence-electron chi connectivity index (χ3n) is 3.36. The summed E-state index contributed by atoms with van der Waals surface area (Å²) in [4.78, 5) is 8.34. The zero-order chi connectivity index (χ0) is 15.9. The predicted molar refractivity (Wildman–Crippen MR) is 80.5 cm³/mol. The molecule has 0 fully saturated rings. The van der Waals surface area contributed by atoms with E-state index in [0.29, 0.717) is 22.4 Å². The number of hydrogen-bond donors (Lipinski definition) is 0. The molecule has 0 bridgehead atoms. The SMILES string of the molecule is CCc1nc2c(C(F)(F)F)cccn2c1-c1ccc(Br)nc1. The van der Waals surface area contributed by atoms with Crippen LogP contribution in [0.15, 0.2) is 41.3 Å². The lowest BCUT2D eigenvalue weighted by molar-refractivity contribution is -0.136. The summed E-state index contributed by atoms with van der Waals surface area (Å²) in [6, 6.07) is 5.99. The first-order chi connectivity index (χ1) is 10.4. The van der Waals surface area contributed by atoms with Crippen LogP contribution in [0.4, 0.5) is 13.2 Å². The molecule has 0 atom stereocenters. The summed E-state index contributed by atoms with van der Waals surface area (Å²) in [5, 5.41) is 0. The fourth-order valence-corrected chi connectivity index (χ4v) is 2.64. The summed E-state index contributed by atoms with van der Waals surface area (Å²) < 4.78 is 41.6. The first kappa shape index (κ1) is 15.0. The van der Waals surface area contributed by atoms with Gasteiger partial charge in [-0.05, 0) is 46.6 Å². The van der Waals surface area contributed by atoms with Gasteiger partial charge < -0.3 is 0 Å². The Kier molecular flexibility index (Phi) is 3.68. The maximum Gasteiger partial charge on any atom is 0.419 e. The van der Waals surface area contributed by atoms with E-state index in [-0.39, 0.29) is 5.65 Å². The summed E-state index contributed by atoms with van der Waals surface area (Å²) in [6.45, 7) is 1.87. The van der Waals surface area contributed by atoms with Crippen LogP contribution in [0, 0.1) is 0 Å². The maximum absolute atomic E-state index is 13.1. The van der Waals surface area contributed by atoms with Crippen molar-refractivity contribution in [2.45, 2.75) is 19.5 Å². The minimum atomic E-state index is -4.44. The molecule has 0 unspecified atom stereocenters. The molecule has 0 aliphatic heterocycles. The molecule has 22 heavy (non-hydrogen) atoms. The number of aromatic nitrogens is 3. The third kappa shape index (κ3) is 2.49. The van der Waals surface area contributed by atoms with Crippen LogP contribution < -0.4 is 0 Å². The molecular weight excluding hydrogens is 359 g/mol. The van der Waals surface area contributed by atoms with Crippen molar-refractivity contribution in [3.05, 3.63) is 52.5 Å². The van der Waals surface area contributed by atoms with Crippen LogP contribution >= 0.6 is 15.9 Å². The Morgan fingerprint density at radius 2 is 2.00 bits per heavy atom. The van der Waals surface area contributed by atoms with Crippen LogP contribution in [-0.2, 0) is 12.6 Å². The average molecular weight is 370 g/mol. The highest BCUT2D eigenvalue weighted by molar-refractivity contribution is 9.10. The summed E-state index contributed by atoms with van der Waals surface area (Å²) in [7, 11) is 0. The van der Waals surface area contributed by atoms with Gasteiger partial charge in [0.25, 0.3) is 0 Å². The lowest BCUT2D eigenvalue weighted by Gasteiger charge is -2.09. The second kappa shape index (κ2) is 5.39. The smallest absolute Gasteiger partial charge is 0.299 e. The van der Waals surface area contributed by atoms with Crippen molar-refractivity contribution >= 4 is 21.6 Å². The summed E-state index contributed by atoms with van der Waals surface area (Å²) in [6.07, 6.45) is -0.695. The first-order valence-corrected chi connectivity index (χ1v) is 7.40. The zero-order valence-corrected chi connectivity index (χ0v) is 13.1. The second-order valence-corrected chi connectivity index (χ2v) is 5.56. The van der Waals surface area contributed by atoms with E-state index in [1.165, 1.54) is 10.5 Å². The van der Waals surface area contributed by atoms with Gasteiger partial charge in [0, 0.05) is 18.0 Å². The van der Waals surface area contributed by atoms with Crippen molar-refractivity contribution in [2.75, 3.05) is 0 Å². The second-order valence-electron chi connectivity index (χ2n) is 4.74. The van der Waals surface area contributed by atoms with Crippen LogP contribution in [0.2, 0.25) is 0 Å². The number of rotatable bonds is 2. The Morgan fingerprint density at radius 3 is 2.59 bits per heavy atom. The molecule has 0 aliphatic carbocycles. The predicted octanol–water partition coefficient (Wildman–Crippen LogP) is 4.74. The topological polar surface area (TPSA) is 30.2 Å². The number of pyridine rings is 2. The lowest BCUT2D eigenvalue weighted by atomic mass is 10.1. The molecule has 7 heteroatoms. The van der Waals surface area contributed by atoms with E-state index in [1.807, 2.05) is 6.92 Å². The Bertz CT molecular complexity index is 822. The summed E-state index contributed by atoms with van der Waals surface area (Å²) >= 11 is 3.25. The van der Waals surface area contributed by atoms with Crippen LogP contribution in [0.5, 0.6) is 0 Å². The molecule has 0 amide bonds. The monoisotopic (exact) mass is 369 g/mol. The molecule has 0 spiro atoms. The highest BCUT2D eigenvalue weighted by Gasteiger charge is 2.34. The van der Waals surface area contributed by atoms with Gasteiger partial charge in [-0.15, -0.1) is 0 Å². The minimum absolute atomic E-state index is 0.0789. The van der Waals surface area contributed by atoms with Crippen LogP contribution in [0.1, 0.15) is 18.2 Å². The van der Waals surface area contributed by atoms with Gasteiger partial charge in [-0.2, -0.15) is 13.2 Å². The van der Waals surface area contributed by atoms with Gasteiger partial charge in [-0.25, -0.2) is 9.97 Å². The number of fused-ring (bicyclic) bond motifs is 1. The standard InChI is InChI=1S/C15H11BrF3N3/c1-2-11-13(9-5-6-12(16)20-8-9)22-7-3-4-10(14(22)21-11)15(17,18)19/h3-8H,2H2,1H3. The van der Waals surface area contributed by atoms with Crippen molar-refractivity contribution in [3.8, 4) is 11.3 Å². The number of halogens is 4. The highest BCUT2D eigenvalue weighted by Crippen LogP contribution is 2.35. The largest absolute Gasteiger partial charge is 0.419 e. The molecule has 3 aromatic heterocycles. The highest BCUT2D eigenvalue weighted by atomic mass is 79.9. The van der Waals surface area contributed by atoms with E-state index in [4.69, 9.17) is 0 Å². The molecule has 3 aromatic rings. The van der Waals surface area contributed by atoms with Crippen molar-refractivity contribution in [3.63, 3.8) is 0 Å². The van der Waals surface area contributed by atoms with Gasteiger partial charge >= 0.3 is 6.18 Å². The number of alkyl halides is 3. The van der Waals surface area contributed by atoms with E-state index in [0.717, 1.165) is 11.6 Å². The van der Waals surface area contributed by atoms with E-state index in [9.17, 15) is 13.2 Å². The average Bonchev–Trinajstić information content (AvgIpc) is 2.85. The van der Waals surface area contributed by atoms with Crippen LogP contribution in [0.3, 0.4) is 0 Å². The third-order valence-corrected chi connectivity index (χ3v) is 3.83. The Hall–Kier alpha value is -1.89. The van der Waals surface area contributed by atoms with Crippen molar-refractivity contribution in [2.24, 2.45) is 0 Å². The van der Waals surface area contributed by atoms with Gasteiger partial charge in [0.2, 0.25) is 0 Å². The lowest BCUT2D eigenvalue weighted by Crippen LogP contribution is -2.07. The molecule has 0 N–H and O–H groups in total. The van der Waals surface area contributed by atoms with Gasteiger partial charge in [-0.1, -0.05) is 6.92 Å². The van der Waals surface area contributed by atoms with E-state index < -0.39 is 11.7 Å². The van der Waals surface area contributed by atoms with Gasteiger partial charge in [0.15, 0.2) is 0 Å². The number of hydrogen-bond acceptors (Lipinski definition) is 2. The molecule has 114 valence electrons. The van der Waals surface area contributed by atoms with E-state index in [1.54, 1.807) is 24.5 Å². The first-order valence-electron chi connectivity index (χ1n) is 6.61. The summed E-state index contributed by atoms with van der Waals surface area (Å²) in [5.74, 6) is 0. The summed E-state index contributed by atoms with van der Waals surface area (Å²) in [5.41, 5.74) is 1.17. The van der Waals surface area contributed by atoms with Crippen molar-refractivity contribution < 1.29 is 13.2 Å². The Balaban J connectivity index is 2.32. The normalized spacial score (nSPS) is 12.0. The van der Waals surface area contributed by atoms with Crippen LogP contribution in [-0.4, -0.2) is 14.4 Å². The molecule has 3 rings (SSSR count). The fraction of sp³-hybridized carbons (Fsp3) is 0.200. The van der Waals surface area contributed by atoms with Gasteiger partial charge in [-0.3, -0.25) is 4.40 Å². The molecular formula is C15H11BrF3N3. The maximum atomic E-state index is 13.1. The quantitative estimate of drug-likeness (QED) is 0.610. The van der Waals surface area contributed by atoms with Crippen LogP contribution in [0.25, 0.3) is 16.9 Å². The van der Waals surface area contributed by atoms with Gasteiger partial charge in [0.05, 0.1) is 17.0 Å².